The number of rotatable bonds is 2. The molecule has 0 spiro atoms. The van der Waals surface area contributed by atoms with Gasteiger partial charge in [0.05, 0.1) is 7.11 Å². The SMILES string of the molecule is COc1ccccc1-c1ccc2c(c1)CC=c1c-2ccc2c1=CCCC2(C)C. The minimum absolute atomic E-state index is 0.265. The van der Waals surface area contributed by atoms with Crippen molar-refractivity contribution in [1.82, 2.24) is 0 Å². The van der Waals surface area contributed by atoms with E-state index in [1.54, 1.807) is 7.11 Å². The van der Waals surface area contributed by atoms with Crippen LogP contribution >= 0.6 is 0 Å². The molecule has 0 radical (unpaired) electrons. The van der Waals surface area contributed by atoms with Gasteiger partial charge in [0, 0.05) is 5.56 Å². The number of para-hydroxylation sites is 1. The molecule has 0 unspecified atom stereocenters. The molecular formula is C27H26O. The lowest BCUT2D eigenvalue weighted by molar-refractivity contribution is 0.416. The highest BCUT2D eigenvalue weighted by Gasteiger charge is 2.25. The molecule has 0 atom stereocenters. The maximum Gasteiger partial charge on any atom is 0.126 e. The third-order valence-electron chi connectivity index (χ3n) is 6.47. The van der Waals surface area contributed by atoms with Crippen LogP contribution in [-0.4, -0.2) is 7.11 Å². The van der Waals surface area contributed by atoms with E-state index in [4.69, 9.17) is 4.74 Å². The summed E-state index contributed by atoms with van der Waals surface area (Å²) in [4.78, 5) is 0. The molecule has 0 saturated carbocycles. The molecule has 2 aliphatic carbocycles. The van der Waals surface area contributed by atoms with Crippen molar-refractivity contribution >= 4 is 12.2 Å². The molecule has 0 N–H and O–H groups in total. The van der Waals surface area contributed by atoms with E-state index in [0.29, 0.717) is 0 Å². The fourth-order valence-electron chi connectivity index (χ4n) is 4.90. The van der Waals surface area contributed by atoms with E-state index in [1.165, 1.54) is 51.1 Å². The predicted molar refractivity (Wildman–Crippen MR) is 118 cm³/mol. The van der Waals surface area contributed by atoms with Crippen molar-refractivity contribution in [3.05, 3.63) is 76.2 Å². The molecule has 0 saturated heterocycles. The van der Waals surface area contributed by atoms with Crippen LogP contribution in [0.25, 0.3) is 34.4 Å². The first-order chi connectivity index (χ1) is 13.6. The molecule has 1 nitrogen and oxygen atoms in total. The Balaban J connectivity index is 1.66. The molecule has 3 aromatic carbocycles. The summed E-state index contributed by atoms with van der Waals surface area (Å²) in [6, 6.07) is 19.8. The molecule has 1 heteroatoms. The van der Waals surface area contributed by atoms with Gasteiger partial charge in [-0.1, -0.05) is 74.5 Å². The third kappa shape index (κ3) is 2.61. The standard InChI is InChI=1S/C27H26O/c1-27(2)16-6-8-24-23-13-11-18-17-19(21-7-4-5-9-26(21)28-3)10-12-20(18)22(23)14-15-25(24)27/h4-5,7-10,12-15,17H,6,11,16H2,1-3H3. The number of fused-ring (bicyclic) bond motifs is 5. The minimum Gasteiger partial charge on any atom is -0.496 e. The second-order valence-electron chi connectivity index (χ2n) is 8.60. The Morgan fingerprint density at radius 2 is 1.64 bits per heavy atom. The number of hydrogen-bond donors (Lipinski definition) is 0. The summed E-state index contributed by atoms with van der Waals surface area (Å²) < 4.78 is 5.57. The zero-order valence-electron chi connectivity index (χ0n) is 16.9. The van der Waals surface area contributed by atoms with Gasteiger partial charge in [0.15, 0.2) is 0 Å². The molecule has 5 rings (SSSR count). The molecule has 3 aromatic rings. The summed E-state index contributed by atoms with van der Waals surface area (Å²) in [6.07, 6.45) is 8.27. The summed E-state index contributed by atoms with van der Waals surface area (Å²) in [5.41, 5.74) is 8.28. The van der Waals surface area contributed by atoms with Crippen LogP contribution in [0.15, 0.2) is 54.6 Å². The van der Waals surface area contributed by atoms with E-state index >= 15 is 0 Å². The fourth-order valence-corrected chi connectivity index (χ4v) is 4.90. The Morgan fingerprint density at radius 3 is 2.50 bits per heavy atom. The lowest BCUT2D eigenvalue weighted by atomic mass is 9.74. The molecule has 0 fully saturated rings. The van der Waals surface area contributed by atoms with Gasteiger partial charge in [0.25, 0.3) is 0 Å². The van der Waals surface area contributed by atoms with E-state index in [2.05, 4.69) is 68.5 Å². The van der Waals surface area contributed by atoms with Crippen molar-refractivity contribution in [2.24, 2.45) is 0 Å². The zero-order valence-corrected chi connectivity index (χ0v) is 16.9. The first kappa shape index (κ1) is 17.3. The van der Waals surface area contributed by atoms with E-state index in [0.717, 1.165) is 17.7 Å². The van der Waals surface area contributed by atoms with E-state index in [9.17, 15) is 0 Å². The highest BCUT2D eigenvalue weighted by Crippen LogP contribution is 2.35. The van der Waals surface area contributed by atoms with Gasteiger partial charge in [-0.2, -0.15) is 0 Å². The smallest absolute Gasteiger partial charge is 0.126 e. The van der Waals surface area contributed by atoms with Crippen LogP contribution < -0.4 is 15.2 Å². The maximum atomic E-state index is 5.57. The summed E-state index contributed by atoms with van der Waals surface area (Å²) in [5.74, 6) is 0.925. The average molecular weight is 367 g/mol. The van der Waals surface area contributed by atoms with Crippen molar-refractivity contribution in [3.63, 3.8) is 0 Å². The van der Waals surface area contributed by atoms with Crippen molar-refractivity contribution in [2.45, 2.75) is 38.5 Å². The number of hydrogen-bond acceptors (Lipinski definition) is 1. The van der Waals surface area contributed by atoms with Gasteiger partial charge in [0.2, 0.25) is 0 Å². The predicted octanol–water partition coefficient (Wildman–Crippen LogP) is 5.22. The van der Waals surface area contributed by atoms with Crippen LogP contribution in [0, 0.1) is 0 Å². The second-order valence-corrected chi connectivity index (χ2v) is 8.60. The molecule has 140 valence electrons. The molecule has 0 aliphatic heterocycles. The van der Waals surface area contributed by atoms with Crippen LogP contribution in [0.4, 0.5) is 0 Å². The monoisotopic (exact) mass is 366 g/mol. The van der Waals surface area contributed by atoms with Gasteiger partial charge >= 0.3 is 0 Å². The highest BCUT2D eigenvalue weighted by molar-refractivity contribution is 5.79. The zero-order chi connectivity index (χ0) is 19.3. The van der Waals surface area contributed by atoms with Crippen molar-refractivity contribution in [3.8, 4) is 28.0 Å². The van der Waals surface area contributed by atoms with Crippen molar-refractivity contribution < 1.29 is 4.74 Å². The Kier molecular flexibility index (Phi) is 3.94. The summed E-state index contributed by atoms with van der Waals surface area (Å²) >= 11 is 0. The van der Waals surface area contributed by atoms with Crippen LogP contribution in [0.5, 0.6) is 5.75 Å². The fraction of sp³-hybridized carbons (Fsp3) is 0.259. The van der Waals surface area contributed by atoms with Crippen LogP contribution in [0.1, 0.15) is 37.8 Å². The number of methoxy groups -OCH3 is 1. The van der Waals surface area contributed by atoms with Gasteiger partial charge in [-0.05, 0) is 69.0 Å². The van der Waals surface area contributed by atoms with Gasteiger partial charge in [0.1, 0.15) is 5.75 Å². The van der Waals surface area contributed by atoms with Gasteiger partial charge in [-0.3, -0.25) is 0 Å². The maximum absolute atomic E-state index is 5.57. The van der Waals surface area contributed by atoms with Crippen LogP contribution in [-0.2, 0) is 11.8 Å². The molecule has 0 aromatic heterocycles. The largest absolute Gasteiger partial charge is 0.496 e. The topological polar surface area (TPSA) is 9.23 Å². The van der Waals surface area contributed by atoms with Crippen LogP contribution in [0.3, 0.4) is 0 Å². The van der Waals surface area contributed by atoms with E-state index in [-0.39, 0.29) is 5.41 Å². The molecule has 0 amide bonds. The molecule has 0 heterocycles. The molecular weight excluding hydrogens is 340 g/mol. The van der Waals surface area contributed by atoms with Crippen molar-refractivity contribution in [2.75, 3.05) is 7.11 Å². The summed E-state index contributed by atoms with van der Waals surface area (Å²) in [6.45, 7) is 4.75. The van der Waals surface area contributed by atoms with Gasteiger partial charge in [-0.15, -0.1) is 0 Å². The normalized spacial score (nSPS) is 16.1. The first-order valence-corrected chi connectivity index (χ1v) is 10.2. The number of ether oxygens (including phenoxy) is 1. The lowest BCUT2D eigenvalue weighted by Crippen LogP contribution is -2.40. The van der Waals surface area contributed by atoms with Gasteiger partial charge < -0.3 is 4.74 Å². The molecule has 28 heavy (non-hydrogen) atoms. The number of benzene rings is 3. The third-order valence-corrected chi connectivity index (χ3v) is 6.47. The van der Waals surface area contributed by atoms with Crippen molar-refractivity contribution in [1.29, 1.82) is 0 Å². The Labute approximate surface area is 167 Å². The Bertz CT molecular complexity index is 1200. The molecule has 0 bridgehead atoms. The Morgan fingerprint density at radius 1 is 0.821 bits per heavy atom. The molecule has 2 aliphatic rings. The highest BCUT2D eigenvalue weighted by atomic mass is 16.5. The lowest BCUT2D eigenvalue weighted by Gasteiger charge is -2.30. The quantitative estimate of drug-likeness (QED) is 0.604. The Hall–Kier alpha value is -2.80. The average Bonchev–Trinajstić information content (AvgIpc) is 2.72. The minimum atomic E-state index is 0.265. The summed E-state index contributed by atoms with van der Waals surface area (Å²) in [5, 5.41) is 2.90. The van der Waals surface area contributed by atoms with E-state index < -0.39 is 0 Å². The summed E-state index contributed by atoms with van der Waals surface area (Å²) in [7, 11) is 1.74. The second kappa shape index (κ2) is 6.38. The van der Waals surface area contributed by atoms with Gasteiger partial charge in [-0.25, -0.2) is 0 Å². The van der Waals surface area contributed by atoms with E-state index in [1.807, 2.05) is 12.1 Å². The first-order valence-electron chi connectivity index (χ1n) is 10.2. The van der Waals surface area contributed by atoms with Crippen LogP contribution in [0.2, 0.25) is 0 Å².